The number of carbonyl (C=O) groups is 3. The minimum Gasteiger partial charge on any atom is -0.480 e. The van der Waals surface area contributed by atoms with Crippen molar-refractivity contribution >= 4 is 18.0 Å². The molecule has 2 amide bonds. The maximum atomic E-state index is 12.9. The summed E-state index contributed by atoms with van der Waals surface area (Å²) in [6.07, 6.45) is 3.45. The van der Waals surface area contributed by atoms with Crippen LogP contribution in [-0.4, -0.2) is 41.8 Å². The van der Waals surface area contributed by atoms with Crippen molar-refractivity contribution in [2.45, 2.75) is 64.0 Å². The van der Waals surface area contributed by atoms with Gasteiger partial charge in [0.15, 0.2) is 0 Å². The Labute approximate surface area is 206 Å². The third kappa shape index (κ3) is 5.66. The van der Waals surface area contributed by atoms with Gasteiger partial charge in [-0.3, -0.25) is 4.79 Å². The standard InChI is InChI=1S/C28H34N2O5/c1-17(2)26(27(32)33)30-25(31)15-24(18-9-3-4-10-18)29-28(34)35-16-23-21-13-7-5-11-19(21)20-12-6-8-14-22(20)23/h5-8,11-14,17-18,23-24,26H,3-4,9-10,15-16H2,1-2H3,(H,29,34)(H,30,31)(H,32,33)/t24?,26-/m1/s1. The van der Waals surface area contributed by atoms with E-state index in [1.54, 1.807) is 13.8 Å². The summed E-state index contributed by atoms with van der Waals surface area (Å²) < 4.78 is 5.69. The fourth-order valence-corrected chi connectivity index (χ4v) is 5.43. The monoisotopic (exact) mass is 478 g/mol. The van der Waals surface area contributed by atoms with E-state index in [4.69, 9.17) is 4.74 Å². The molecular formula is C28H34N2O5. The zero-order valence-electron chi connectivity index (χ0n) is 20.3. The van der Waals surface area contributed by atoms with E-state index in [1.165, 1.54) is 0 Å². The van der Waals surface area contributed by atoms with Crippen LogP contribution in [0.4, 0.5) is 4.79 Å². The number of aliphatic carboxylic acids is 1. The Morgan fingerprint density at radius 2 is 1.51 bits per heavy atom. The lowest BCUT2D eigenvalue weighted by molar-refractivity contribution is -0.143. The van der Waals surface area contributed by atoms with Crippen LogP contribution in [0, 0.1) is 11.8 Å². The Hall–Kier alpha value is -3.35. The molecule has 2 aromatic rings. The Bertz CT molecular complexity index is 1030. The number of carboxylic acid groups (broad SMARTS) is 1. The zero-order valence-corrected chi connectivity index (χ0v) is 20.3. The molecule has 0 aromatic heterocycles. The number of amides is 2. The van der Waals surface area contributed by atoms with Crippen molar-refractivity contribution in [1.29, 1.82) is 0 Å². The molecule has 35 heavy (non-hydrogen) atoms. The second-order valence-corrected chi connectivity index (χ2v) is 9.95. The van der Waals surface area contributed by atoms with Crippen LogP contribution in [0.25, 0.3) is 11.1 Å². The summed E-state index contributed by atoms with van der Waals surface area (Å²) >= 11 is 0. The van der Waals surface area contributed by atoms with Crippen molar-refractivity contribution in [3.63, 3.8) is 0 Å². The number of nitrogens with one attached hydrogen (secondary N) is 2. The van der Waals surface area contributed by atoms with Crippen molar-refractivity contribution in [2.75, 3.05) is 6.61 Å². The lowest BCUT2D eigenvalue weighted by atomic mass is 9.94. The molecule has 7 heteroatoms. The van der Waals surface area contributed by atoms with E-state index in [-0.39, 0.29) is 36.7 Å². The predicted octanol–water partition coefficient (Wildman–Crippen LogP) is 4.70. The lowest BCUT2D eigenvalue weighted by Crippen LogP contribution is -2.48. The largest absolute Gasteiger partial charge is 0.480 e. The SMILES string of the molecule is CC(C)[C@@H](NC(=O)CC(NC(=O)OCC1c2ccccc2-c2ccccc21)C1CCCC1)C(=O)O. The number of alkyl carbamates (subject to hydrolysis) is 1. The molecule has 0 spiro atoms. The average molecular weight is 479 g/mol. The van der Waals surface area contributed by atoms with Gasteiger partial charge < -0.3 is 20.5 Å². The molecule has 0 radical (unpaired) electrons. The van der Waals surface area contributed by atoms with E-state index < -0.39 is 24.1 Å². The highest BCUT2D eigenvalue weighted by Crippen LogP contribution is 2.44. The van der Waals surface area contributed by atoms with Gasteiger partial charge in [0.25, 0.3) is 0 Å². The third-order valence-corrected chi connectivity index (χ3v) is 7.27. The maximum absolute atomic E-state index is 12.9. The molecule has 0 saturated heterocycles. The van der Waals surface area contributed by atoms with Gasteiger partial charge in [0.2, 0.25) is 5.91 Å². The van der Waals surface area contributed by atoms with Gasteiger partial charge in [0.05, 0.1) is 0 Å². The Balaban J connectivity index is 1.40. The molecule has 0 bridgehead atoms. The molecule has 3 N–H and O–H groups in total. The Kier molecular flexibility index (Phi) is 7.73. The van der Waals surface area contributed by atoms with Gasteiger partial charge in [0.1, 0.15) is 12.6 Å². The van der Waals surface area contributed by atoms with Gasteiger partial charge >= 0.3 is 12.1 Å². The van der Waals surface area contributed by atoms with Crippen LogP contribution in [0.5, 0.6) is 0 Å². The van der Waals surface area contributed by atoms with E-state index in [0.717, 1.165) is 47.9 Å². The van der Waals surface area contributed by atoms with Gasteiger partial charge in [-0.05, 0) is 46.9 Å². The van der Waals surface area contributed by atoms with Crippen LogP contribution in [0.15, 0.2) is 48.5 Å². The first-order valence-electron chi connectivity index (χ1n) is 12.5. The summed E-state index contributed by atoms with van der Waals surface area (Å²) in [6, 6.07) is 15.0. The second-order valence-electron chi connectivity index (χ2n) is 9.95. The topological polar surface area (TPSA) is 105 Å². The van der Waals surface area contributed by atoms with Crippen LogP contribution in [0.2, 0.25) is 0 Å². The van der Waals surface area contributed by atoms with Gasteiger partial charge in [0, 0.05) is 18.4 Å². The minimum atomic E-state index is -1.06. The fourth-order valence-electron chi connectivity index (χ4n) is 5.43. The highest BCUT2D eigenvalue weighted by molar-refractivity contribution is 5.84. The molecule has 2 aliphatic carbocycles. The number of carbonyl (C=O) groups excluding carboxylic acids is 2. The fraction of sp³-hybridized carbons (Fsp3) is 0.464. The van der Waals surface area contributed by atoms with Crippen LogP contribution in [0.1, 0.15) is 63.0 Å². The first-order chi connectivity index (χ1) is 16.8. The number of hydrogen-bond donors (Lipinski definition) is 3. The zero-order chi connectivity index (χ0) is 24.9. The molecule has 2 aliphatic rings. The highest BCUT2D eigenvalue weighted by atomic mass is 16.5. The molecular weight excluding hydrogens is 444 g/mol. The van der Waals surface area contributed by atoms with Crippen molar-refractivity contribution in [3.8, 4) is 11.1 Å². The third-order valence-electron chi connectivity index (χ3n) is 7.27. The Morgan fingerprint density at radius 3 is 2.06 bits per heavy atom. The molecule has 0 heterocycles. The average Bonchev–Trinajstić information content (AvgIpc) is 3.47. The van der Waals surface area contributed by atoms with Gasteiger partial charge in [-0.2, -0.15) is 0 Å². The van der Waals surface area contributed by atoms with E-state index in [1.807, 2.05) is 24.3 Å². The first kappa shape index (κ1) is 24.8. The van der Waals surface area contributed by atoms with E-state index >= 15 is 0 Å². The molecule has 186 valence electrons. The van der Waals surface area contributed by atoms with E-state index in [2.05, 4.69) is 34.9 Å². The van der Waals surface area contributed by atoms with Crippen LogP contribution >= 0.6 is 0 Å². The minimum absolute atomic E-state index is 0.0331. The number of benzene rings is 2. The molecule has 2 aromatic carbocycles. The van der Waals surface area contributed by atoms with E-state index in [0.29, 0.717) is 0 Å². The predicted molar refractivity (Wildman–Crippen MR) is 133 cm³/mol. The van der Waals surface area contributed by atoms with Crippen LogP contribution in [-0.2, 0) is 14.3 Å². The van der Waals surface area contributed by atoms with Gasteiger partial charge in [-0.15, -0.1) is 0 Å². The molecule has 4 rings (SSSR count). The maximum Gasteiger partial charge on any atom is 0.407 e. The summed E-state index contributed by atoms with van der Waals surface area (Å²) in [7, 11) is 0. The van der Waals surface area contributed by atoms with Crippen LogP contribution < -0.4 is 10.6 Å². The molecule has 0 aliphatic heterocycles. The van der Waals surface area contributed by atoms with Crippen molar-refractivity contribution in [3.05, 3.63) is 59.7 Å². The summed E-state index contributed by atoms with van der Waals surface area (Å²) in [5, 5.41) is 14.9. The van der Waals surface area contributed by atoms with E-state index in [9.17, 15) is 19.5 Å². The van der Waals surface area contributed by atoms with Crippen molar-refractivity contribution in [1.82, 2.24) is 10.6 Å². The quantitative estimate of drug-likeness (QED) is 0.485. The van der Waals surface area contributed by atoms with Crippen LogP contribution in [0.3, 0.4) is 0 Å². The second kappa shape index (κ2) is 10.9. The lowest BCUT2D eigenvalue weighted by Gasteiger charge is -2.26. The molecule has 2 atom stereocenters. The molecule has 1 fully saturated rings. The van der Waals surface area contributed by atoms with Gasteiger partial charge in [-0.25, -0.2) is 9.59 Å². The molecule has 7 nitrogen and oxygen atoms in total. The van der Waals surface area contributed by atoms with Crippen molar-refractivity contribution in [2.24, 2.45) is 11.8 Å². The summed E-state index contributed by atoms with van der Waals surface area (Å²) in [5.41, 5.74) is 4.61. The summed E-state index contributed by atoms with van der Waals surface area (Å²) in [6.45, 7) is 3.71. The number of hydrogen-bond acceptors (Lipinski definition) is 4. The molecule has 1 unspecified atom stereocenters. The van der Waals surface area contributed by atoms with Crippen molar-refractivity contribution < 1.29 is 24.2 Å². The van der Waals surface area contributed by atoms with Gasteiger partial charge in [-0.1, -0.05) is 75.2 Å². The normalized spacial score (nSPS) is 16.9. The number of carboxylic acids is 1. The molecule has 1 saturated carbocycles. The highest BCUT2D eigenvalue weighted by Gasteiger charge is 2.32. The number of fused-ring (bicyclic) bond motifs is 3. The Morgan fingerprint density at radius 1 is 0.943 bits per heavy atom. The number of rotatable bonds is 9. The number of ether oxygens (including phenoxy) is 1. The first-order valence-corrected chi connectivity index (χ1v) is 12.5. The summed E-state index contributed by atoms with van der Waals surface area (Å²) in [5.74, 6) is -1.54. The smallest absolute Gasteiger partial charge is 0.407 e. The summed E-state index contributed by atoms with van der Waals surface area (Å²) in [4.78, 5) is 37.0.